The Morgan fingerprint density at radius 1 is 1.54 bits per heavy atom. The third-order valence-corrected chi connectivity index (χ3v) is 2.01. The zero-order valence-corrected chi connectivity index (χ0v) is 7.37. The van der Waals surface area contributed by atoms with Crippen LogP contribution in [0.2, 0.25) is 0 Å². The van der Waals surface area contributed by atoms with Crippen molar-refractivity contribution in [1.29, 1.82) is 0 Å². The summed E-state index contributed by atoms with van der Waals surface area (Å²) in [5, 5.41) is 0. The van der Waals surface area contributed by atoms with Gasteiger partial charge in [0.15, 0.2) is 0 Å². The molecule has 1 aromatic rings. The molecule has 1 heterocycles. The first kappa shape index (κ1) is 9.89. The van der Waals surface area contributed by atoms with E-state index in [1.165, 1.54) is 6.20 Å². The lowest BCUT2D eigenvalue weighted by atomic mass is 9.98. The first-order valence-electron chi connectivity index (χ1n) is 4.15. The molecule has 0 bridgehead atoms. The van der Waals surface area contributed by atoms with E-state index in [9.17, 15) is 8.78 Å². The standard InChI is InChI=1S/C9H12F2N2/c1-2-6(8(10)11)7-4-3-5-13-9(7)12/h3-6,8H,2H2,1H3,(H2,12,13). The second kappa shape index (κ2) is 4.16. The largest absolute Gasteiger partial charge is 0.383 e. The lowest BCUT2D eigenvalue weighted by molar-refractivity contribution is 0.112. The zero-order valence-electron chi connectivity index (χ0n) is 7.37. The van der Waals surface area contributed by atoms with E-state index in [1.54, 1.807) is 19.1 Å². The van der Waals surface area contributed by atoms with Gasteiger partial charge >= 0.3 is 0 Å². The maximum atomic E-state index is 12.5. The summed E-state index contributed by atoms with van der Waals surface area (Å²) in [4.78, 5) is 3.77. The Bertz CT molecular complexity index is 276. The second-order valence-electron chi connectivity index (χ2n) is 2.83. The van der Waals surface area contributed by atoms with Gasteiger partial charge in [0.05, 0.1) is 0 Å². The van der Waals surface area contributed by atoms with Crippen molar-refractivity contribution in [3.63, 3.8) is 0 Å². The van der Waals surface area contributed by atoms with Gasteiger partial charge in [0.25, 0.3) is 0 Å². The highest BCUT2D eigenvalue weighted by atomic mass is 19.3. The predicted octanol–water partition coefficient (Wildman–Crippen LogP) is 2.42. The SMILES string of the molecule is CCC(c1cccnc1N)C(F)F. The summed E-state index contributed by atoms with van der Waals surface area (Å²) in [5.41, 5.74) is 5.93. The van der Waals surface area contributed by atoms with Crippen LogP contribution in [-0.4, -0.2) is 11.4 Å². The van der Waals surface area contributed by atoms with E-state index in [4.69, 9.17) is 5.73 Å². The summed E-state index contributed by atoms with van der Waals surface area (Å²) in [6.07, 6.45) is -0.513. The van der Waals surface area contributed by atoms with E-state index in [0.29, 0.717) is 12.0 Å². The number of alkyl halides is 2. The molecule has 72 valence electrons. The molecule has 0 aliphatic carbocycles. The fourth-order valence-corrected chi connectivity index (χ4v) is 1.28. The van der Waals surface area contributed by atoms with Gasteiger partial charge in [0.2, 0.25) is 6.43 Å². The molecule has 0 aliphatic heterocycles. The maximum Gasteiger partial charge on any atom is 0.245 e. The van der Waals surface area contributed by atoms with Crippen LogP contribution in [0.1, 0.15) is 24.8 Å². The van der Waals surface area contributed by atoms with E-state index in [1.807, 2.05) is 0 Å². The Balaban J connectivity index is 2.97. The van der Waals surface area contributed by atoms with Crippen molar-refractivity contribution in [3.05, 3.63) is 23.9 Å². The van der Waals surface area contributed by atoms with E-state index in [2.05, 4.69) is 4.98 Å². The van der Waals surface area contributed by atoms with Crippen LogP contribution in [0.15, 0.2) is 18.3 Å². The third-order valence-electron chi connectivity index (χ3n) is 2.01. The molecule has 1 aromatic heterocycles. The topological polar surface area (TPSA) is 38.9 Å². The molecule has 0 aromatic carbocycles. The summed E-state index contributed by atoms with van der Waals surface area (Å²) in [7, 11) is 0. The van der Waals surface area contributed by atoms with Gasteiger partial charge in [-0.2, -0.15) is 0 Å². The molecule has 0 amide bonds. The Morgan fingerprint density at radius 3 is 2.69 bits per heavy atom. The highest BCUT2D eigenvalue weighted by molar-refractivity contribution is 5.41. The summed E-state index contributed by atoms with van der Waals surface area (Å²) in [6, 6.07) is 3.22. The van der Waals surface area contributed by atoms with Gasteiger partial charge in [-0.25, -0.2) is 13.8 Å². The molecule has 4 heteroatoms. The molecule has 2 N–H and O–H groups in total. The van der Waals surface area contributed by atoms with Gasteiger partial charge in [0, 0.05) is 17.7 Å². The fraction of sp³-hybridized carbons (Fsp3) is 0.444. The van der Waals surface area contributed by atoms with Gasteiger partial charge < -0.3 is 5.73 Å². The van der Waals surface area contributed by atoms with Crippen molar-refractivity contribution in [2.75, 3.05) is 5.73 Å². The molecule has 0 aliphatic rings. The predicted molar refractivity (Wildman–Crippen MR) is 47.7 cm³/mol. The lowest BCUT2D eigenvalue weighted by Gasteiger charge is -2.14. The van der Waals surface area contributed by atoms with Crippen molar-refractivity contribution >= 4 is 5.82 Å². The zero-order chi connectivity index (χ0) is 9.84. The van der Waals surface area contributed by atoms with Gasteiger partial charge in [-0.15, -0.1) is 0 Å². The number of anilines is 1. The third kappa shape index (κ3) is 2.14. The average Bonchev–Trinajstić information content (AvgIpc) is 2.09. The van der Waals surface area contributed by atoms with E-state index in [0.717, 1.165) is 0 Å². The first-order valence-corrected chi connectivity index (χ1v) is 4.15. The van der Waals surface area contributed by atoms with Crippen LogP contribution in [0.5, 0.6) is 0 Å². The minimum Gasteiger partial charge on any atom is -0.383 e. The number of nitrogens with zero attached hydrogens (tertiary/aromatic N) is 1. The van der Waals surface area contributed by atoms with Crippen LogP contribution in [0.25, 0.3) is 0 Å². The Labute approximate surface area is 75.8 Å². The minimum absolute atomic E-state index is 0.203. The molecule has 1 atom stereocenters. The molecule has 13 heavy (non-hydrogen) atoms. The maximum absolute atomic E-state index is 12.5. The molecule has 0 saturated carbocycles. The first-order chi connectivity index (χ1) is 6.16. The molecule has 0 radical (unpaired) electrons. The van der Waals surface area contributed by atoms with Crippen LogP contribution >= 0.6 is 0 Å². The van der Waals surface area contributed by atoms with Crippen molar-refractivity contribution in [2.24, 2.45) is 0 Å². The van der Waals surface area contributed by atoms with Crippen molar-refractivity contribution in [1.82, 2.24) is 4.98 Å². The highest BCUT2D eigenvalue weighted by Crippen LogP contribution is 2.29. The number of aromatic nitrogens is 1. The van der Waals surface area contributed by atoms with E-state index in [-0.39, 0.29) is 5.82 Å². The van der Waals surface area contributed by atoms with Crippen molar-refractivity contribution in [3.8, 4) is 0 Å². The van der Waals surface area contributed by atoms with Gasteiger partial charge in [-0.3, -0.25) is 0 Å². The van der Waals surface area contributed by atoms with E-state index < -0.39 is 12.3 Å². The molecular formula is C9H12F2N2. The summed E-state index contributed by atoms with van der Waals surface area (Å²) in [6.45, 7) is 1.71. The number of halogens is 2. The molecule has 2 nitrogen and oxygen atoms in total. The Kier molecular flexibility index (Phi) is 3.17. The number of hydrogen-bond acceptors (Lipinski definition) is 2. The second-order valence-corrected chi connectivity index (χ2v) is 2.83. The molecule has 1 rings (SSSR count). The van der Waals surface area contributed by atoms with E-state index >= 15 is 0 Å². The van der Waals surface area contributed by atoms with Gasteiger partial charge in [-0.05, 0) is 12.5 Å². The summed E-state index contributed by atoms with van der Waals surface area (Å²) < 4.78 is 25.0. The number of nitrogen functional groups attached to an aromatic ring is 1. The molecule has 0 spiro atoms. The summed E-state index contributed by atoms with van der Waals surface area (Å²) >= 11 is 0. The van der Waals surface area contributed by atoms with Crippen molar-refractivity contribution < 1.29 is 8.78 Å². The minimum atomic E-state index is -2.38. The Hall–Kier alpha value is -1.19. The average molecular weight is 186 g/mol. The number of rotatable bonds is 3. The summed E-state index contributed by atoms with van der Waals surface area (Å²) in [5.74, 6) is -0.594. The number of pyridine rings is 1. The lowest BCUT2D eigenvalue weighted by Crippen LogP contribution is -2.11. The normalized spacial score (nSPS) is 13.2. The molecular weight excluding hydrogens is 174 g/mol. The monoisotopic (exact) mass is 186 g/mol. The number of hydrogen-bond donors (Lipinski definition) is 1. The van der Waals surface area contributed by atoms with Crippen LogP contribution in [-0.2, 0) is 0 Å². The fourth-order valence-electron chi connectivity index (χ4n) is 1.28. The quantitative estimate of drug-likeness (QED) is 0.787. The number of nitrogens with two attached hydrogens (primary N) is 1. The van der Waals surface area contributed by atoms with Crippen LogP contribution in [0, 0.1) is 0 Å². The Morgan fingerprint density at radius 2 is 2.23 bits per heavy atom. The van der Waals surface area contributed by atoms with Gasteiger partial charge in [0.1, 0.15) is 5.82 Å². The van der Waals surface area contributed by atoms with Crippen molar-refractivity contribution in [2.45, 2.75) is 25.7 Å². The highest BCUT2D eigenvalue weighted by Gasteiger charge is 2.22. The molecule has 0 fully saturated rings. The molecule has 1 unspecified atom stereocenters. The molecule has 0 saturated heterocycles. The van der Waals surface area contributed by atoms with Crippen LogP contribution < -0.4 is 5.73 Å². The smallest absolute Gasteiger partial charge is 0.245 e. The van der Waals surface area contributed by atoms with Gasteiger partial charge in [-0.1, -0.05) is 13.0 Å². The van der Waals surface area contributed by atoms with Crippen LogP contribution in [0.3, 0.4) is 0 Å². The van der Waals surface area contributed by atoms with Crippen LogP contribution in [0.4, 0.5) is 14.6 Å².